The summed E-state index contributed by atoms with van der Waals surface area (Å²) in [5, 5.41) is 0.755. The van der Waals surface area contributed by atoms with Crippen molar-refractivity contribution in [1.82, 2.24) is 0 Å². The molecule has 0 aromatic heterocycles. The van der Waals surface area contributed by atoms with Crippen molar-refractivity contribution in [2.24, 2.45) is 11.8 Å². The van der Waals surface area contributed by atoms with Gasteiger partial charge in [0.2, 0.25) is 0 Å². The van der Waals surface area contributed by atoms with Crippen molar-refractivity contribution in [2.45, 2.75) is 26.2 Å². The number of carbonyl (C=O) groups is 1. The molecule has 0 heterocycles. The van der Waals surface area contributed by atoms with Crippen LogP contribution in [0, 0.1) is 11.8 Å². The third-order valence-electron chi connectivity index (χ3n) is 3.48. The van der Waals surface area contributed by atoms with Gasteiger partial charge in [0.15, 0.2) is 0 Å². The van der Waals surface area contributed by atoms with Crippen LogP contribution in [0.25, 0.3) is 0 Å². The predicted octanol–water partition coefficient (Wildman–Crippen LogP) is 3.67. The van der Waals surface area contributed by atoms with E-state index < -0.39 is 0 Å². The van der Waals surface area contributed by atoms with Gasteiger partial charge >= 0.3 is 0 Å². The fourth-order valence-electron chi connectivity index (χ4n) is 2.58. The van der Waals surface area contributed by atoms with Gasteiger partial charge in [-0.05, 0) is 24.1 Å². The van der Waals surface area contributed by atoms with Crippen molar-refractivity contribution in [3.63, 3.8) is 0 Å². The van der Waals surface area contributed by atoms with E-state index in [0.717, 1.165) is 11.4 Å². The summed E-state index contributed by atoms with van der Waals surface area (Å²) in [6.07, 6.45) is 0.941. The summed E-state index contributed by atoms with van der Waals surface area (Å²) in [4.78, 5) is 11.6. The molecule has 1 aromatic rings. The molecule has 2 rings (SSSR count). The predicted molar refractivity (Wildman–Crippen MR) is 62.1 cm³/mol. The summed E-state index contributed by atoms with van der Waals surface area (Å²) in [7, 11) is 0. The highest BCUT2D eigenvalue weighted by Gasteiger charge is 2.45. The van der Waals surface area contributed by atoms with Gasteiger partial charge in [0.25, 0.3) is 0 Å². The summed E-state index contributed by atoms with van der Waals surface area (Å²) in [6.45, 7) is 4.10. The first-order chi connectivity index (χ1) is 7.15. The molecular formula is C13H15ClO. The van der Waals surface area contributed by atoms with Gasteiger partial charge in [-0.25, -0.2) is 0 Å². The van der Waals surface area contributed by atoms with Gasteiger partial charge in [0, 0.05) is 22.8 Å². The highest BCUT2D eigenvalue weighted by atomic mass is 35.5. The number of benzene rings is 1. The first-order valence-corrected chi connectivity index (χ1v) is 5.82. The SMILES string of the molecule is CCC1C(=O)C(C)C1c1ccc(Cl)cc1. The van der Waals surface area contributed by atoms with Gasteiger partial charge in [0.1, 0.15) is 5.78 Å². The Hall–Kier alpha value is -0.820. The molecule has 0 aliphatic heterocycles. The van der Waals surface area contributed by atoms with Crippen LogP contribution in [-0.4, -0.2) is 5.78 Å². The smallest absolute Gasteiger partial charge is 0.140 e. The lowest BCUT2D eigenvalue weighted by Gasteiger charge is -2.41. The van der Waals surface area contributed by atoms with E-state index in [1.54, 1.807) is 0 Å². The Kier molecular flexibility index (Phi) is 2.83. The topological polar surface area (TPSA) is 17.1 Å². The summed E-state index contributed by atoms with van der Waals surface area (Å²) < 4.78 is 0. The number of ketones is 1. The average molecular weight is 223 g/mol. The highest BCUT2D eigenvalue weighted by molar-refractivity contribution is 6.30. The number of hydrogen-bond donors (Lipinski definition) is 0. The molecule has 0 spiro atoms. The van der Waals surface area contributed by atoms with Crippen molar-refractivity contribution in [3.8, 4) is 0 Å². The molecule has 0 N–H and O–H groups in total. The normalized spacial score (nSPS) is 30.1. The molecule has 0 bridgehead atoms. The van der Waals surface area contributed by atoms with Gasteiger partial charge in [-0.1, -0.05) is 37.6 Å². The number of halogens is 1. The maximum Gasteiger partial charge on any atom is 0.140 e. The lowest BCUT2D eigenvalue weighted by atomic mass is 9.61. The summed E-state index contributed by atoms with van der Waals surface area (Å²) in [5.74, 6) is 1.22. The first-order valence-electron chi connectivity index (χ1n) is 5.44. The lowest BCUT2D eigenvalue weighted by Crippen LogP contribution is -2.43. The third kappa shape index (κ3) is 1.69. The zero-order chi connectivity index (χ0) is 11.0. The summed E-state index contributed by atoms with van der Waals surface area (Å²) in [6, 6.07) is 7.88. The average Bonchev–Trinajstić information content (AvgIpc) is 2.26. The van der Waals surface area contributed by atoms with Gasteiger partial charge in [-0.15, -0.1) is 0 Å². The van der Waals surface area contributed by atoms with Crippen molar-refractivity contribution >= 4 is 17.4 Å². The number of hydrogen-bond acceptors (Lipinski definition) is 1. The van der Waals surface area contributed by atoms with E-state index in [2.05, 4.69) is 6.92 Å². The van der Waals surface area contributed by atoms with Crippen molar-refractivity contribution < 1.29 is 4.79 Å². The molecule has 3 unspecified atom stereocenters. The Bertz CT molecular complexity index is 369. The Balaban J connectivity index is 2.24. The van der Waals surface area contributed by atoms with E-state index >= 15 is 0 Å². The van der Waals surface area contributed by atoms with Crippen LogP contribution in [0.1, 0.15) is 31.7 Å². The van der Waals surface area contributed by atoms with E-state index in [9.17, 15) is 4.79 Å². The van der Waals surface area contributed by atoms with E-state index in [4.69, 9.17) is 11.6 Å². The Labute approximate surface area is 95.4 Å². The Morgan fingerprint density at radius 3 is 2.40 bits per heavy atom. The van der Waals surface area contributed by atoms with Crippen LogP contribution in [0.5, 0.6) is 0 Å². The minimum Gasteiger partial charge on any atom is -0.299 e. The molecule has 1 saturated carbocycles. The molecule has 15 heavy (non-hydrogen) atoms. The zero-order valence-corrected chi connectivity index (χ0v) is 9.79. The largest absolute Gasteiger partial charge is 0.299 e. The molecule has 3 atom stereocenters. The minimum absolute atomic E-state index is 0.177. The lowest BCUT2D eigenvalue weighted by molar-refractivity contribution is -0.137. The molecule has 0 radical (unpaired) electrons. The van der Waals surface area contributed by atoms with E-state index in [1.165, 1.54) is 5.56 Å². The second kappa shape index (κ2) is 3.97. The molecule has 1 aliphatic rings. The fourth-order valence-corrected chi connectivity index (χ4v) is 2.71. The van der Waals surface area contributed by atoms with Gasteiger partial charge < -0.3 is 0 Å². The van der Waals surface area contributed by atoms with Crippen molar-refractivity contribution in [1.29, 1.82) is 0 Å². The first kappa shape index (κ1) is 10.7. The molecule has 80 valence electrons. The fraction of sp³-hybridized carbons (Fsp3) is 0.462. The quantitative estimate of drug-likeness (QED) is 0.746. The molecule has 0 saturated heterocycles. The van der Waals surface area contributed by atoms with Crippen LogP contribution in [0.3, 0.4) is 0 Å². The number of carbonyl (C=O) groups excluding carboxylic acids is 1. The van der Waals surface area contributed by atoms with Crippen LogP contribution in [0.2, 0.25) is 5.02 Å². The standard InChI is InChI=1S/C13H15ClO/c1-3-11-12(8(2)13(11)15)9-4-6-10(14)7-5-9/h4-8,11-12H,3H2,1-2H3. The maximum absolute atomic E-state index is 11.6. The van der Waals surface area contributed by atoms with E-state index in [0.29, 0.717) is 11.7 Å². The monoisotopic (exact) mass is 222 g/mol. The molecule has 0 amide bonds. The van der Waals surface area contributed by atoms with Gasteiger partial charge in [0.05, 0.1) is 0 Å². The Morgan fingerprint density at radius 2 is 1.87 bits per heavy atom. The molecular weight excluding hydrogens is 208 g/mol. The minimum atomic E-state index is 0.177. The zero-order valence-electron chi connectivity index (χ0n) is 9.03. The highest BCUT2D eigenvalue weighted by Crippen LogP contribution is 2.46. The van der Waals surface area contributed by atoms with Crippen LogP contribution < -0.4 is 0 Å². The molecule has 1 nitrogen and oxygen atoms in total. The molecule has 2 heteroatoms. The number of Topliss-reactive ketones (excluding diaryl/α,β-unsaturated/α-hetero) is 1. The molecule has 1 fully saturated rings. The van der Waals surface area contributed by atoms with E-state index in [1.807, 2.05) is 31.2 Å². The van der Waals surface area contributed by atoms with E-state index in [-0.39, 0.29) is 11.8 Å². The van der Waals surface area contributed by atoms with Gasteiger partial charge in [-0.2, -0.15) is 0 Å². The van der Waals surface area contributed by atoms with Crippen LogP contribution >= 0.6 is 11.6 Å². The van der Waals surface area contributed by atoms with Crippen LogP contribution in [0.15, 0.2) is 24.3 Å². The second-order valence-electron chi connectivity index (χ2n) is 4.28. The third-order valence-corrected chi connectivity index (χ3v) is 3.73. The van der Waals surface area contributed by atoms with Crippen LogP contribution in [-0.2, 0) is 4.79 Å². The van der Waals surface area contributed by atoms with Gasteiger partial charge in [-0.3, -0.25) is 4.79 Å². The second-order valence-corrected chi connectivity index (χ2v) is 4.72. The van der Waals surface area contributed by atoms with Crippen LogP contribution in [0.4, 0.5) is 0 Å². The summed E-state index contributed by atoms with van der Waals surface area (Å²) >= 11 is 5.85. The maximum atomic E-state index is 11.6. The summed E-state index contributed by atoms with van der Waals surface area (Å²) in [5.41, 5.74) is 1.25. The number of rotatable bonds is 2. The molecule has 1 aliphatic carbocycles. The molecule has 1 aromatic carbocycles. The Morgan fingerprint density at radius 1 is 1.27 bits per heavy atom. The van der Waals surface area contributed by atoms with Crippen molar-refractivity contribution in [2.75, 3.05) is 0 Å². The van der Waals surface area contributed by atoms with Crippen molar-refractivity contribution in [3.05, 3.63) is 34.9 Å².